The van der Waals surface area contributed by atoms with Gasteiger partial charge in [0.25, 0.3) is 11.8 Å². The third kappa shape index (κ3) is 2.61. The predicted molar refractivity (Wildman–Crippen MR) is 93.0 cm³/mol. The van der Waals surface area contributed by atoms with Gasteiger partial charge in [0.15, 0.2) is 5.76 Å². The molecule has 1 aromatic carbocycles. The number of thiophene rings is 1. The van der Waals surface area contributed by atoms with Gasteiger partial charge < -0.3 is 9.32 Å². The number of nitrogens with one attached hydrogen (secondary N) is 1. The Morgan fingerprint density at radius 2 is 2.12 bits per heavy atom. The van der Waals surface area contributed by atoms with Gasteiger partial charge in [-0.05, 0) is 36.6 Å². The van der Waals surface area contributed by atoms with Crippen molar-refractivity contribution < 1.29 is 19.2 Å². The van der Waals surface area contributed by atoms with Crippen molar-refractivity contribution in [2.75, 3.05) is 6.54 Å². The molecule has 1 aliphatic heterocycles. The van der Waals surface area contributed by atoms with E-state index in [1.165, 1.54) is 11.3 Å². The van der Waals surface area contributed by atoms with Crippen molar-refractivity contribution in [2.24, 2.45) is 0 Å². The molecule has 0 unspecified atom stereocenters. The molecule has 1 aliphatic rings. The average molecular weight is 356 g/mol. The van der Waals surface area contributed by atoms with E-state index in [1.54, 1.807) is 16.4 Å². The first-order chi connectivity index (χ1) is 12.1. The number of para-hydroxylation sites is 1. The summed E-state index contributed by atoms with van der Waals surface area (Å²) >= 11 is 1.37. The van der Waals surface area contributed by atoms with Crippen molar-refractivity contribution in [3.63, 3.8) is 0 Å². The summed E-state index contributed by atoms with van der Waals surface area (Å²) < 4.78 is 5.68. The third-order valence-electron chi connectivity index (χ3n) is 4.54. The lowest BCUT2D eigenvalue weighted by atomic mass is 10.0. The number of amides is 2. The molecule has 25 heavy (non-hydrogen) atoms. The first-order valence-electron chi connectivity index (χ1n) is 7.92. The van der Waals surface area contributed by atoms with Crippen LogP contribution in [-0.2, 0) is 13.0 Å². The SMILES string of the molecule is Cc1c(C(=O)NO)sc2c1CN(C(=O)c1cc3ccccc3o1)CC2. The Bertz CT molecular complexity index is 955. The Labute approximate surface area is 147 Å². The van der Waals surface area contributed by atoms with Gasteiger partial charge in [0.2, 0.25) is 0 Å². The van der Waals surface area contributed by atoms with Crippen LogP contribution in [-0.4, -0.2) is 28.5 Å². The van der Waals surface area contributed by atoms with Crippen molar-refractivity contribution >= 4 is 34.1 Å². The van der Waals surface area contributed by atoms with Crippen LogP contribution >= 0.6 is 11.3 Å². The highest BCUT2D eigenvalue weighted by Gasteiger charge is 2.29. The maximum Gasteiger partial charge on any atom is 0.289 e. The number of fused-ring (bicyclic) bond motifs is 2. The van der Waals surface area contributed by atoms with Crippen molar-refractivity contribution in [3.05, 3.63) is 57.0 Å². The average Bonchev–Trinajstić information content (AvgIpc) is 3.21. The Kier molecular flexibility index (Phi) is 3.82. The Morgan fingerprint density at radius 1 is 1.32 bits per heavy atom. The molecular weight excluding hydrogens is 340 g/mol. The molecule has 6 nitrogen and oxygen atoms in total. The number of furan rings is 1. The van der Waals surface area contributed by atoms with Crippen molar-refractivity contribution in [2.45, 2.75) is 19.9 Å². The van der Waals surface area contributed by atoms with E-state index in [0.29, 0.717) is 35.7 Å². The Balaban J connectivity index is 1.62. The van der Waals surface area contributed by atoms with Crippen LogP contribution in [0.5, 0.6) is 0 Å². The molecule has 0 spiro atoms. The first kappa shape index (κ1) is 15.9. The lowest BCUT2D eigenvalue weighted by Gasteiger charge is -2.26. The number of hydrogen-bond donors (Lipinski definition) is 2. The number of carbonyl (C=O) groups excluding carboxylic acids is 2. The van der Waals surface area contributed by atoms with Crippen LogP contribution in [0.4, 0.5) is 0 Å². The molecule has 0 atom stereocenters. The van der Waals surface area contributed by atoms with E-state index < -0.39 is 5.91 Å². The van der Waals surface area contributed by atoms with Crippen LogP contribution in [0, 0.1) is 6.92 Å². The predicted octanol–water partition coefficient (Wildman–Crippen LogP) is 3.12. The molecule has 0 radical (unpaired) electrons. The van der Waals surface area contributed by atoms with E-state index in [0.717, 1.165) is 21.4 Å². The lowest BCUT2D eigenvalue weighted by Crippen LogP contribution is -2.35. The largest absolute Gasteiger partial charge is 0.451 e. The fourth-order valence-corrected chi connectivity index (χ4v) is 4.40. The first-order valence-corrected chi connectivity index (χ1v) is 8.73. The summed E-state index contributed by atoms with van der Waals surface area (Å²) in [4.78, 5) is 27.9. The molecule has 0 saturated heterocycles. The molecule has 2 amide bonds. The second-order valence-electron chi connectivity index (χ2n) is 6.02. The third-order valence-corrected chi connectivity index (χ3v) is 5.94. The molecule has 2 aromatic heterocycles. The van der Waals surface area contributed by atoms with E-state index in [9.17, 15) is 9.59 Å². The monoisotopic (exact) mass is 356 g/mol. The van der Waals surface area contributed by atoms with Crippen molar-refractivity contribution in [1.29, 1.82) is 0 Å². The summed E-state index contributed by atoms with van der Waals surface area (Å²) in [5.41, 5.74) is 4.17. The minimum Gasteiger partial charge on any atom is -0.451 e. The molecule has 0 saturated carbocycles. The van der Waals surface area contributed by atoms with Gasteiger partial charge in [-0.25, -0.2) is 5.48 Å². The van der Waals surface area contributed by atoms with Gasteiger partial charge in [-0.1, -0.05) is 18.2 Å². The topological polar surface area (TPSA) is 82.8 Å². The zero-order chi connectivity index (χ0) is 17.6. The van der Waals surface area contributed by atoms with Crippen LogP contribution < -0.4 is 5.48 Å². The van der Waals surface area contributed by atoms with Crippen LogP contribution in [0.3, 0.4) is 0 Å². The highest BCUT2D eigenvalue weighted by molar-refractivity contribution is 7.14. The molecule has 4 rings (SSSR count). The maximum absolute atomic E-state index is 12.8. The van der Waals surface area contributed by atoms with Gasteiger partial charge in [-0.3, -0.25) is 14.8 Å². The standard InChI is InChI=1S/C18H16N2O4S/c1-10-12-9-20(7-6-15(12)25-16(10)17(21)19-23)18(22)14-8-11-4-2-3-5-13(11)24-14/h2-5,8,23H,6-7,9H2,1H3,(H,19,21). The fourth-order valence-electron chi connectivity index (χ4n) is 3.21. The molecule has 2 N–H and O–H groups in total. The molecule has 0 bridgehead atoms. The molecular formula is C18H16N2O4S. The second kappa shape index (κ2) is 6.02. The van der Waals surface area contributed by atoms with Gasteiger partial charge in [0.1, 0.15) is 5.58 Å². The molecule has 3 heterocycles. The zero-order valence-electron chi connectivity index (χ0n) is 13.5. The Hall–Kier alpha value is -2.64. The van der Waals surface area contributed by atoms with Gasteiger partial charge >= 0.3 is 0 Å². The number of hydroxylamine groups is 1. The fraction of sp³-hybridized carbons (Fsp3) is 0.222. The van der Waals surface area contributed by atoms with Crippen molar-refractivity contribution in [1.82, 2.24) is 10.4 Å². The van der Waals surface area contributed by atoms with Crippen LogP contribution in [0.15, 0.2) is 34.7 Å². The molecule has 7 heteroatoms. The minimum atomic E-state index is -0.507. The van der Waals surface area contributed by atoms with E-state index in [-0.39, 0.29) is 5.91 Å². The number of carbonyl (C=O) groups is 2. The molecule has 128 valence electrons. The summed E-state index contributed by atoms with van der Waals surface area (Å²) in [5.74, 6) is -0.335. The molecule has 0 aliphatic carbocycles. The quantitative estimate of drug-likeness (QED) is 0.546. The van der Waals surface area contributed by atoms with E-state index >= 15 is 0 Å². The van der Waals surface area contributed by atoms with Crippen LogP contribution in [0.1, 0.15) is 36.2 Å². The smallest absolute Gasteiger partial charge is 0.289 e. The summed E-state index contributed by atoms with van der Waals surface area (Å²) in [7, 11) is 0. The number of benzene rings is 1. The van der Waals surface area contributed by atoms with Crippen LogP contribution in [0.2, 0.25) is 0 Å². The van der Waals surface area contributed by atoms with Gasteiger partial charge in [0, 0.05) is 23.4 Å². The second-order valence-corrected chi connectivity index (χ2v) is 7.13. The van der Waals surface area contributed by atoms with Gasteiger partial charge in [-0.15, -0.1) is 11.3 Å². The summed E-state index contributed by atoms with van der Waals surface area (Å²) in [6.45, 7) is 2.85. The van der Waals surface area contributed by atoms with E-state index in [4.69, 9.17) is 9.62 Å². The highest BCUT2D eigenvalue weighted by Crippen LogP contribution is 2.33. The summed E-state index contributed by atoms with van der Waals surface area (Å²) in [6, 6.07) is 9.28. The number of nitrogens with zero attached hydrogens (tertiary/aromatic N) is 1. The zero-order valence-corrected chi connectivity index (χ0v) is 14.4. The van der Waals surface area contributed by atoms with Gasteiger partial charge in [0.05, 0.1) is 4.88 Å². The summed E-state index contributed by atoms with van der Waals surface area (Å²) in [5, 5.41) is 9.76. The lowest BCUT2D eigenvalue weighted by molar-refractivity contribution is 0.0705. The molecule has 3 aromatic rings. The van der Waals surface area contributed by atoms with Gasteiger partial charge in [-0.2, -0.15) is 0 Å². The number of rotatable bonds is 2. The van der Waals surface area contributed by atoms with Crippen LogP contribution in [0.25, 0.3) is 11.0 Å². The minimum absolute atomic E-state index is 0.152. The molecule has 0 fully saturated rings. The maximum atomic E-state index is 12.8. The Morgan fingerprint density at radius 3 is 2.88 bits per heavy atom. The van der Waals surface area contributed by atoms with E-state index in [1.807, 2.05) is 31.2 Å². The normalized spacial score (nSPS) is 13.8. The van der Waals surface area contributed by atoms with Crippen molar-refractivity contribution in [3.8, 4) is 0 Å². The van der Waals surface area contributed by atoms with E-state index in [2.05, 4.69) is 0 Å². The summed E-state index contributed by atoms with van der Waals surface area (Å²) in [6.07, 6.45) is 0.686. The number of hydrogen-bond acceptors (Lipinski definition) is 5. The highest BCUT2D eigenvalue weighted by atomic mass is 32.1.